The van der Waals surface area contributed by atoms with Gasteiger partial charge in [-0.15, -0.1) is 17.9 Å². The zero-order chi connectivity index (χ0) is 16.1. The van der Waals surface area contributed by atoms with Gasteiger partial charge in [-0.2, -0.15) is 0 Å². The van der Waals surface area contributed by atoms with Crippen LogP contribution in [0.2, 0.25) is 0 Å². The Kier molecular flexibility index (Phi) is 5.93. The lowest BCUT2D eigenvalue weighted by Crippen LogP contribution is -2.28. The van der Waals surface area contributed by atoms with Crippen LogP contribution in [0.5, 0.6) is 0 Å². The summed E-state index contributed by atoms with van der Waals surface area (Å²) >= 11 is 7.86. The standard InChI is InChI=1S/C15H15NO3S3/c1-3-6-9-11(16-13(17)10-7-5-8-21-10)12(22-15(9)20)14(18)19-4-2/h3,5,7-9H,1,4,6H2,2H3,(H,16,17)/t9-/m1/s1. The second-order valence-corrected chi connectivity index (χ2v) is 7.09. The molecule has 0 bridgehead atoms. The van der Waals surface area contributed by atoms with Crippen LogP contribution >= 0.6 is 35.3 Å². The second-order valence-electron chi connectivity index (χ2n) is 4.39. The molecule has 0 spiro atoms. The number of thiocarbonyl (C=S) groups is 1. The number of thiophene rings is 1. The van der Waals surface area contributed by atoms with Crippen LogP contribution in [0.4, 0.5) is 0 Å². The minimum Gasteiger partial charge on any atom is -0.462 e. The van der Waals surface area contributed by atoms with Crippen LogP contribution < -0.4 is 5.32 Å². The molecule has 116 valence electrons. The van der Waals surface area contributed by atoms with Gasteiger partial charge in [0.1, 0.15) is 4.91 Å². The summed E-state index contributed by atoms with van der Waals surface area (Å²) in [4.78, 5) is 25.3. The van der Waals surface area contributed by atoms with Crippen LogP contribution in [-0.4, -0.2) is 22.7 Å². The number of esters is 1. The molecule has 0 saturated heterocycles. The molecule has 0 fully saturated rings. The van der Waals surface area contributed by atoms with Crippen molar-refractivity contribution >= 4 is 51.4 Å². The molecule has 7 heteroatoms. The first kappa shape index (κ1) is 16.9. The first-order valence-electron chi connectivity index (χ1n) is 6.67. The van der Waals surface area contributed by atoms with Gasteiger partial charge in [-0.25, -0.2) is 4.79 Å². The van der Waals surface area contributed by atoms with Crippen molar-refractivity contribution in [1.29, 1.82) is 0 Å². The van der Waals surface area contributed by atoms with Gasteiger partial charge < -0.3 is 10.1 Å². The van der Waals surface area contributed by atoms with Crippen molar-refractivity contribution < 1.29 is 14.3 Å². The predicted molar refractivity (Wildman–Crippen MR) is 93.9 cm³/mol. The molecule has 22 heavy (non-hydrogen) atoms. The third kappa shape index (κ3) is 3.66. The third-order valence-electron chi connectivity index (χ3n) is 2.94. The van der Waals surface area contributed by atoms with E-state index in [4.69, 9.17) is 17.0 Å². The quantitative estimate of drug-likeness (QED) is 0.482. The minimum absolute atomic E-state index is 0.208. The normalized spacial score (nSPS) is 17.5. The molecule has 2 heterocycles. The van der Waals surface area contributed by atoms with E-state index in [1.807, 2.05) is 5.38 Å². The number of carbonyl (C=O) groups is 2. The highest BCUT2D eigenvalue weighted by molar-refractivity contribution is 8.26. The molecule has 1 amide bonds. The number of carbonyl (C=O) groups excluding carboxylic acids is 2. The molecule has 1 atom stereocenters. The molecule has 0 radical (unpaired) electrons. The number of ether oxygens (including phenoxy) is 1. The molecule has 1 aliphatic heterocycles. The summed E-state index contributed by atoms with van der Waals surface area (Å²) in [5.41, 5.74) is 0.520. The molecule has 1 aromatic heterocycles. The maximum Gasteiger partial charge on any atom is 0.346 e. The number of hydrogen-bond acceptors (Lipinski definition) is 6. The molecule has 4 nitrogen and oxygen atoms in total. The Morgan fingerprint density at radius 1 is 1.55 bits per heavy atom. The SMILES string of the molecule is C=CC[C@H]1C(=S)SC(C(=O)OCC)=C1NC(=O)c1cccs1. The van der Waals surface area contributed by atoms with Gasteiger partial charge in [0.2, 0.25) is 0 Å². The molecule has 2 rings (SSSR count). The second kappa shape index (κ2) is 7.71. The monoisotopic (exact) mass is 353 g/mol. The first-order valence-corrected chi connectivity index (χ1v) is 8.77. The third-order valence-corrected chi connectivity index (χ3v) is 5.42. The highest BCUT2D eigenvalue weighted by atomic mass is 32.2. The lowest BCUT2D eigenvalue weighted by molar-refractivity contribution is -0.137. The van der Waals surface area contributed by atoms with Crippen LogP contribution in [0.3, 0.4) is 0 Å². The summed E-state index contributed by atoms with van der Waals surface area (Å²) in [6.45, 7) is 5.72. The summed E-state index contributed by atoms with van der Waals surface area (Å²) in [6.07, 6.45) is 2.29. The smallest absolute Gasteiger partial charge is 0.346 e. The van der Waals surface area contributed by atoms with Crippen molar-refractivity contribution in [2.75, 3.05) is 6.61 Å². The van der Waals surface area contributed by atoms with E-state index < -0.39 is 5.97 Å². The Morgan fingerprint density at radius 2 is 2.32 bits per heavy atom. The topological polar surface area (TPSA) is 55.4 Å². The highest BCUT2D eigenvalue weighted by Gasteiger charge is 2.35. The number of hydrogen-bond donors (Lipinski definition) is 1. The predicted octanol–water partition coefficient (Wildman–Crippen LogP) is 3.52. The molecule has 0 aromatic carbocycles. The van der Waals surface area contributed by atoms with E-state index in [-0.39, 0.29) is 18.4 Å². The Bertz CT molecular complexity index is 634. The number of thioether (sulfide) groups is 1. The van der Waals surface area contributed by atoms with E-state index in [1.165, 1.54) is 23.1 Å². The van der Waals surface area contributed by atoms with Crippen LogP contribution in [0.15, 0.2) is 40.8 Å². The van der Waals surface area contributed by atoms with E-state index in [1.54, 1.807) is 25.1 Å². The van der Waals surface area contributed by atoms with E-state index in [0.29, 0.717) is 26.1 Å². The van der Waals surface area contributed by atoms with Crippen LogP contribution in [0, 0.1) is 5.92 Å². The fourth-order valence-corrected chi connectivity index (χ4v) is 4.05. The minimum atomic E-state index is -0.456. The summed E-state index contributed by atoms with van der Waals surface area (Å²) in [5, 5.41) is 4.65. The van der Waals surface area contributed by atoms with E-state index >= 15 is 0 Å². The lowest BCUT2D eigenvalue weighted by Gasteiger charge is -2.14. The van der Waals surface area contributed by atoms with Crippen LogP contribution in [0.25, 0.3) is 0 Å². The Hall–Kier alpha value is -1.44. The van der Waals surface area contributed by atoms with Crippen molar-refractivity contribution in [3.8, 4) is 0 Å². The van der Waals surface area contributed by atoms with Gasteiger partial charge in [0.05, 0.1) is 15.7 Å². The van der Waals surface area contributed by atoms with Crippen molar-refractivity contribution in [2.45, 2.75) is 13.3 Å². The van der Waals surface area contributed by atoms with Crippen molar-refractivity contribution in [3.05, 3.63) is 45.6 Å². The summed E-state index contributed by atoms with van der Waals surface area (Å²) < 4.78 is 5.69. The summed E-state index contributed by atoms with van der Waals surface area (Å²) in [5.74, 6) is -0.908. The van der Waals surface area contributed by atoms with Gasteiger partial charge in [0.15, 0.2) is 0 Å². The largest absolute Gasteiger partial charge is 0.462 e. The molecule has 0 aliphatic carbocycles. The molecule has 0 saturated carbocycles. The number of rotatable bonds is 6. The Balaban J connectivity index is 2.30. The Labute approximate surface area is 142 Å². The zero-order valence-electron chi connectivity index (χ0n) is 12.0. The van der Waals surface area contributed by atoms with Gasteiger partial charge >= 0.3 is 5.97 Å². The fraction of sp³-hybridized carbons (Fsp3) is 0.267. The maximum absolute atomic E-state index is 12.3. The highest BCUT2D eigenvalue weighted by Crippen LogP contribution is 2.40. The van der Waals surface area contributed by atoms with Gasteiger partial charge in [-0.05, 0) is 24.8 Å². The molecule has 1 N–H and O–H groups in total. The van der Waals surface area contributed by atoms with E-state index in [9.17, 15) is 9.59 Å². The fourth-order valence-electron chi connectivity index (χ4n) is 1.97. The molecular weight excluding hydrogens is 338 g/mol. The number of amides is 1. The van der Waals surface area contributed by atoms with Gasteiger partial charge in [0.25, 0.3) is 5.91 Å². The Morgan fingerprint density at radius 3 is 2.91 bits per heavy atom. The summed E-state index contributed by atoms with van der Waals surface area (Å²) in [6, 6.07) is 3.53. The molecular formula is C15H15NO3S3. The van der Waals surface area contributed by atoms with Crippen molar-refractivity contribution in [1.82, 2.24) is 5.32 Å². The van der Waals surface area contributed by atoms with E-state index in [2.05, 4.69) is 11.9 Å². The first-order chi connectivity index (χ1) is 10.6. The summed E-state index contributed by atoms with van der Waals surface area (Å²) in [7, 11) is 0. The maximum atomic E-state index is 12.3. The van der Waals surface area contributed by atoms with Crippen molar-refractivity contribution in [3.63, 3.8) is 0 Å². The number of allylic oxidation sites excluding steroid dienone is 2. The zero-order valence-corrected chi connectivity index (χ0v) is 14.4. The average molecular weight is 353 g/mol. The average Bonchev–Trinajstić information content (AvgIpc) is 3.11. The molecule has 1 aromatic rings. The molecule has 1 aliphatic rings. The lowest BCUT2D eigenvalue weighted by atomic mass is 10.0. The van der Waals surface area contributed by atoms with Gasteiger partial charge in [-0.1, -0.05) is 36.1 Å². The van der Waals surface area contributed by atoms with Crippen molar-refractivity contribution in [2.24, 2.45) is 5.92 Å². The van der Waals surface area contributed by atoms with Crippen LogP contribution in [-0.2, 0) is 9.53 Å². The van der Waals surface area contributed by atoms with Gasteiger partial charge in [0, 0.05) is 11.6 Å². The van der Waals surface area contributed by atoms with E-state index in [0.717, 1.165) is 0 Å². The van der Waals surface area contributed by atoms with Gasteiger partial charge in [-0.3, -0.25) is 4.79 Å². The number of nitrogens with one attached hydrogen (secondary N) is 1. The van der Waals surface area contributed by atoms with Crippen LogP contribution in [0.1, 0.15) is 23.0 Å². The molecule has 0 unspecified atom stereocenters.